The molecule has 0 saturated heterocycles. The van der Waals surface area contributed by atoms with Gasteiger partial charge in [-0.25, -0.2) is 4.68 Å². The van der Waals surface area contributed by atoms with Crippen molar-refractivity contribution in [1.82, 2.24) is 9.78 Å². The number of ether oxygens (including phenoxy) is 1. The molecule has 1 fully saturated rings. The van der Waals surface area contributed by atoms with Crippen LogP contribution in [0.25, 0.3) is 5.69 Å². The van der Waals surface area contributed by atoms with Gasteiger partial charge in [0.15, 0.2) is 0 Å². The predicted octanol–water partition coefficient (Wildman–Crippen LogP) is 2.87. The molecule has 1 heterocycles. The molecule has 5 heteroatoms. The first-order valence-corrected chi connectivity index (χ1v) is 6.73. The topological polar surface area (TPSA) is 53.1 Å². The van der Waals surface area contributed by atoms with Crippen LogP contribution in [-0.2, 0) is 6.54 Å². The maximum absolute atomic E-state index is 6.09. The second kappa shape index (κ2) is 4.87. The van der Waals surface area contributed by atoms with Crippen LogP contribution >= 0.6 is 11.6 Å². The van der Waals surface area contributed by atoms with Crippen LogP contribution < -0.4 is 10.5 Å². The highest BCUT2D eigenvalue weighted by molar-refractivity contribution is 6.30. The van der Waals surface area contributed by atoms with Gasteiger partial charge in [-0.15, -0.1) is 0 Å². The smallest absolute Gasteiger partial charge is 0.144 e. The van der Waals surface area contributed by atoms with Gasteiger partial charge in [0.1, 0.15) is 11.4 Å². The Morgan fingerprint density at radius 2 is 2.21 bits per heavy atom. The molecule has 0 bridgehead atoms. The average molecular weight is 278 g/mol. The largest absolute Gasteiger partial charge is 0.494 e. The minimum Gasteiger partial charge on any atom is -0.494 e. The molecule has 0 atom stereocenters. The second-order valence-electron chi connectivity index (χ2n) is 4.77. The third-order valence-electron chi connectivity index (χ3n) is 3.36. The number of nitrogens with zero attached hydrogens (tertiary/aromatic N) is 2. The van der Waals surface area contributed by atoms with Gasteiger partial charge >= 0.3 is 0 Å². The Morgan fingerprint density at radius 1 is 1.42 bits per heavy atom. The Balaban J connectivity index is 2.15. The van der Waals surface area contributed by atoms with Crippen molar-refractivity contribution in [3.8, 4) is 11.4 Å². The van der Waals surface area contributed by atoms with E-state index < -0.39 is 0 Å². The molecule has 1 aromatic carbocycles. The van der Waals surface area contributed by atoms with E-state index in [-0.39, 0.29) is 0 Å². The average Bonchev–Trinajstić information content (AvgIpc) is 3.18. The predicted molar refractivity (Wildman–Crippen MR) is 75.0 cm³/mol. The van der Waals surface area contributed by atoms with Gasteiger partial charge in [-0.1, -0.05) is 11.6 Å². The third kappa shape index (κ3) is 2.33. The lowest BCUT2D eigenvalue weighted by molar-refractivity contribution is 0.411. The highest BCUT2D eigenvalue weighted by Gasteiger charge is 2.29. The van der Waals surface area contributed by atoms with Crippen LogP contribution in [0.4, 0.5) is 0 Å². The maximum Gasteiger partial charge on any atom is 0.144 e. The van der Waals surface area contributed by atoms with E-state index in [1.807, 2.05) is 22.9 Å². The zero-order chi connectivity index (χ0) is 13.4. The summed E-state index contributed by atoms with van der Waals surface area (Å²) in [5.41, 5.74) is 8.66. The minimum atomic E-state index is 0.440. The van der Waals surface area contributed by atoms with Gasteiger partial charge < -0.3 is 10.5 Å². The molecule has 4 nitrogen and oxygen atoms in total. The Kier molecular flexibility index (Phi) is 3.21. The van der Waals surface area contributed by atoms with Crippen molar-refractivity contribution in [3.63, 3.8) is 0 Å². The molecule has 100 valence electrons. The molecule has 1 saturated carbocycles. The molecule has 0 radical (unpaired) electrons. The number of nitrogens with two attached hydrogens (primary N) is 1. The van der Waals surface area contributed by atoms with Gasteiger partial charge in [0.05, 0.1) is 12.8 Å². The van der Waals surface area contributed by atoms with E-state index in [1.165, 1.54) is 18.5 Å². The molecule has 2 N–H and O–H groups in total. The van der Waals surface area contributed by atoms with E-state index in [1.54, 1.807) is 7.11 Å². The van der Waals surface area contributed by atoms with Crippen molar-refractivity contribution in [3.05, 3.63) is 40.7 Å². The highest BCUT2D eigenvalue weighted by atomic mass is 35.5. The van der Waals surface area contributed by atoms with Crippen LogP contribution in [0.2, 0.25) is 5.02 Å². The van der Waals surface area contributed by atoms with Gasteiger partial charge in [-0.3, -0.25) is 0 Å². The minimum absolute atomic E-state index is 0.440. The van der Waals surface area contributed by atoms with Gasteiger partial charge in [-0.05, 0) is 37.1 Å². The first-order valence-electron chi connectivity index (χ1n) is 6.35. The standard InChI is InChI=1S/C14H16ClN3O/c1-19-14-5-4-10(15)6-13(14)18-12(9-2-3-9)7-11(8-16)17-18/h4-7,9H,2-3,8,16H2,1H3. The second-order valence-corrected chi connectivity index (χ2v) is 5.20. The fraction of sp³-hybridized carbons (Fsp3) is 0.357. The molecule has 0 spiro atoms. The molecular weight excluding hydrogens is 262 g/mol. The summed E-state index contributed by atoms with van der Waals surface area (Å²) < 4.78 is 7.32. The van der Waals surface area contributed by atoms with Gasteiger partial charge in [0, 0.05) is 23.2 Å². The summed E-state index contributed by atoms with van der Waals surface area (Å²) in [6.07, 6.45) is 2.41. The number of rotatable bonds is 4. The van der Waals surface area contributed by atoms with Crippen molar-refractivity contribution < 1.29 is 4.74 Å². The number of methoxy groups -OCH3 is 1. The molecular formula is C14H16ClN3O. The lowest BCUT2D eigenvalue weighted by atomic mass is 10.2. The number of hydrogen-bond acceptors (Lipinski definition) is 3. The van der Waals surface area contributed by atoms with Crippen molar-refractivity contribution in [2.24, 2.45) is 5.73 Å². The number of benzene rings is 1. The van der Waals surface area contributed by atoms with Gasteiger partial charge in [0.25, 0.3) is 0 Å². The lowest BCUT2D eigenvalue weighted by Crippen LogP contribution is -2.05. The SMILES string of the molecule is COc1ccc(Cl)cc1-n1nc(CN)cc1C1CC1. The summed E-state index contributed by atoms with van der Waals surface area (Å²) in [5, 5.41) is 5.23. The van der Waals surface area contributed by atoms with Gasteiger partial charge in [0.2, 0.25) is 0 Å². The molecule has 0 aliphatic heterocycles. The summed E-state index contributed by atoms with van der Waals surface area (Å²) in [4.78, 5) is 0. The molecule has 1 aliphatic rings. The molecule has 19 heavy (non-hydrogen) atoms. The maximum atomic E-state index is 6.09. The summed E-state index contributed by atoms with van der Waals surface area (Å²) in [6, 6.07) is 7.63. The molecule has 3 rings (SSSR count). The zero-order valence-corrected chi connectivity index (χ0v) is 11.5. The quantitative estimate of drug-likeness (QED) is 0.935. The van der Waals surface area contributed by atoms with E-state index in [0.717, 1.165) is 17.1 Å². The van der Waals surface area contributed by atoms with Crippen LogP contribution in [0.3, 0.4) is 0 Å². The Morgan fingerprint density at radius 3 is 2.84 bits per heavy atom. The molecule has 1 aromatic heterocycles. The van der Waals surface area contributed by atoms with E-state index in [4.69, 9.17) is 22.1 Å². The van der Waals surface area contributed by atoms with Crippen LogP contribution in [0, 0.1) is 0 Å². The van der Waals surface area contributed by atoms with Crippen LogP contribution in [-0.4, -0.2) is 16.9 Å². The van der Waals surface area contributed by atoms with Crippen molar-refractivity contribution in [1.29, 1.82) is 0 Å². The lowest BCUT2D eigenvalue weighted by Gasteiger charge is -2.11. The normalized spacial score (nSPS) is 14.7. The Hall–Kier alpha value is -1.52. The third-order valence-corrected chi connectivity index (χ3v) is 3.60. The summed E-state index contributed by atoms with van der Waals surface area (Å²) >= 11 is 6.09. The fourth-order valence-electron chi connectivity index (χ4n) is 2.24. The summed E-state index contributed by atoms with van der Waals surface area (Å²) in [7, 11) is 1.65. The molecule has 1 aliphatic carbocycles. The van der Waals surface area contributed by atoms with E-state index in [2.05, 4.69) is 11.2 Å². The monoisotopic (exact) mass is 277 g/mol. The van der Waals surface area contributed by atoms with Crippen molar-refractivity contribution in [2.45, 2.75) is 25.3 Å². The van der Waals surface area contributed by atoms with Crippen molar-refractivity contribution >= 4 is 11.6 Å². The first-order chi connectivity index (χ1) is 9.22. The zero-order valence-electron chi connectivity index (χ0n) is 10.8. The first kappa shape index (κ1) is 12.5. The van der Waals surface area contributed by atoms with Crippen LogP contribution in [0.5, 0.6) is 5.75 Å². The van der Waals surface area contributed by atoms with E-state index in [0.29, 0.717) is 17.5 Å². The fourth-order valence-corrected chi connectivity index (χ4v) is 2.40. The number of aromatic nitrogens is 2. The van der Waals surface area contributed by atoms with E-state index in [9.17, 15) is 0 Å². The Bertz CT molecular complexity index is 605. The van der Waals surface area contributed by atoms with Crippen LogP contribution in [0.15, 0.2) is 24.3 Å². The molecule has 0 amide bonds. The van der Waals surface area contributed by atoms with E-state index >= 15 is 0 Å². The van der Waals surface area contributed by atoms with Crippen molar-refractivity contribution in [2.75, 3.05) is 7.11 Å². The summed E-state index contributed by atoms with van der Waals surface area (Å²) in [6.45, 7) is 0.440. The number of halogens is 1. The molecule has 0 unspecified atom stereocenters. The van der Waals surface area contributed by atoms with Gasteiger partial charge in [-0.2, -0.15) is 5.10 Å². The molecule has 2 aromatic rings. The summed E-state index contributed by atoms with van der Waals surface area (Å²) in [5.74, 6) is 1.34. The number of hydrogen-bond donors (Lipinski definition) is 1. The van der Waals surface area contributed by atoms with Crippen LogP contribution in [0.1, 0.15) is 30.1 Å². The highest BCUT2D eigenvalue weighted by Crippen LogP contribution is 2.42. The Labute approximate surface area is 117 Å².